The molecule has 0 fully saturated rings. The highest BCUT2D eigenvalue weighted by atomic mass is 32.1. The largest absolute Gasteiger partial charge is 0.393 e. The van der Waals surface area contributed by atoms with Gasteiger partial charge >= 0.3 is 0 Å². The summed E-state index contributed by atoms with van der Waals surface area (Å²) in [7, 11) is 0. The SMILES string of the molecule is CCCCN(C(=O)C(C)C(N)=S)C(C)CC. The molecule has 0 saturated heterocycles. The van der Waals surface area contributed by atoms with Crippen molar-refractivity contribution >= 4 is 23.1 Å². The van der Waals surface area contributed by atoms with Crippen LogP contribution >= 0.6 is 12.2 Å². The van der Waals surface area contributed by atoms with Gasteiger partial charge in [0.15, 0.2) is 0 Å². The molecule has 0 aromatic heterocycles. The van der Waals surface area contributed by atoms with Crippen LogP contribution in [0.25, 0.3) is 0 Å². The first kappa shape index (κ1) is 15.4. The van der Waals surface area contributed by atoms with Crippen molar-refractivity contribution in [3.63, 3.8) is 0 Å². The summed E-state index contributed by atoms with van der Waals surface area (Å²) in [6, 6.07) is 0.260. The van der Waals surface area contributed by atoms with E-state index in [0.717, 1.165) is 25.8 Å². The molecule has 0 aromatic rings. The van der Waals surface area contributed by atoms with Gasteiger partial charge in [-0.25, -0.2) is 0 Å². The fourth-order valence-corrected chi connectivity index (χ4v) is 1.57. The van der Waals surface area contributed by atoms with E-state index in [-0.39, 0.29) is 22.9 Å². The maximum atomic E-state index is 12.1. The van der Waals surface area contributed by atoms with Crippen LogP contribution in [0.2, 0.25) is 0 Å². The first-order valence-electron chi connectivity index (χ1n) is 6.05. The van der Waals surface area contributed by atoms with Crippen LogP contribution in [0, 0.1) is 5.92 Å². The van der Waals surface area contributed by atoms with Gasteiger partial charge in [-0.15, -0.1) is 0 Å². The lowest BCUT2D eigenvalue weighted by atomic mass is 10.1. The van der Waals surface area contributed by atoms with E-state index in [1.54, 1.807) is 6.92 Å². The van der Waals surface area contributed by atoms with E-state index in [9.17, 15) is 4.79 Å². The Bertz CT molecular complexity index is 243. The monoisotopic (exact) mass is 244 g/mol. The Balaban J connectivity index is 4.61. The Kier molecular flexibility index (Phi) is 7.30. The van der Waals surface area contributed by atoms with Crippen molar-refractivity contribution in [1.82, 2.24) is 4.90 Å². The van der Waals surface area contributed by atoms with Gasteiger partial charge in [0.05, 0.1) is 10.9 Å². The minimum Gasteiger partial charge on any atom is -0.393 e. The topological polar surface area (TPSA) is 46.3 Å². The van der Waals surface area contributed by atoms with Crippen molar-refractivity contribution in [3.8, 4) is 0 Å². The number of carbonyl (C=O) groups is 1. The highest BCUT2D eigenvalue weighted by molar-refractivity contribution is 7.80. The average Bonchev–Trinajstić information content (AvgIpc) is 2.27. The second-order valence-electron chi connectivity index (χ2n) is 4.27. The van der Waals surface area contributed by atoms with Crippen LogP contribution in [-0.2, 0) is 4.79 Å². The molecule has 0 rings (SSSR count). The lowest BCUT2D eigenvalue weighted by molar-refractivity contribution is -0.135. The molecule has 0 bridgehead atoms. The standard InChI is InChI=1S/C12H24N2OS/c1-5-7-8-14(9(3)6-2)12(15)10(4)11(13)16/h9-10H,5-8H2,1-4H3,(H2,13,16). The maximum absolute atomic E-state index is 12.1. The van der Waals surface area contributed by atoms with Crippen LogP contribution in [0.3, 0.4) is 0 Å². The predicted molar refractivity (Wildman–Crippen MR) is 72.3 cm³/mol. The number of thiocarbonyl (C=S) groups is 1. The summed E-state index contributed by atoms with van der Waals surface area (Å²) in [4.78, 5) is 14.3. The first-order chi connectivity index (χ1) is 7.45. The molecule has 0 aliphatic heterocycles. The Morgan fingerprint density at radius 3 is 2.31 bits per heavy atom. The summed E-state index contributed by atoms with van der Waals surface area (Å²) in [5.41, 5.74) is 5.53. The zero-order valence-corrected chi connectivity index (χ0v) is 11.6. The third kappa shape index (κ3) is 4.47. The van der Waals surface area contributed by atoms with Gasteiger partial charge in [-0.1, -0.05) is 32.5 Å². The van der Waals surface area contributed by atoms with Gasteiger partial charge in [-0.05, 0) is 26.7 Å². The molecule has 0 aromatic carbocycles. The molecule has 16 heavy (non-hydrogen) atoms. The summed E-state index contributed by atoms with van der Waals surface area (Å²) >= 11 is 4.88. The summed E-state index contributed by atoms with van der Waals surface area (Å²) in [6.07, 6.45) is 3.07. The van der Waals surface area contributed by atoms with Crippen molar-refractivity contribution in [3.05, 3.63) is 0 Å². The van der Waals surface area contributed by atoms with Crippen LogP contribution in [-0.4, -0.2) is 28.4 Å². The molecule has 3 nitrogen and oxygen atoms in total. The number of unbranched alkanes of at least 4 members (excludes halogenated alkanes) is 1. The normalized spacial score (nSPS) is 14.2. The van der Waals surface area contributed by atoms with Crippen LogP contribution in [0.5, 0.6) is 0 Å². The number of hydrogen-bond acceptors (Lipinski definition) is 2. The maximum Gasteiger partial charge on any atom is 0.232 e. The fraction of sp³-hybridized carbons (Fsp3) is 0.833. The van der Waals surface area contributed by atoms with Gasteiger partial charge in [0.1, 0.15) is 0 Å². The van der Waals surface area contributed by atoms with Crippen LogP contribution < -0.4 is 5.73 Å². The number of nitrogens with two attached hydrogens (primary N) is 1. The summed E-state index contributed by atoms with van der Waals surface area (Å²) in [5, 5.41) is 0. The van der Waals surface area contributed by atoms with Crippen molar-refractivity contribution in [2.24, 2.45) is 11.7 Å². The van der Waals surface area contributed by atoms with Crippen LogP contribution in [0.4, 0.5) is 0 Å². The minimum atomic E-state index is -0.346. The molecule has 2 atom stereocenters. The number of rotatable bonds is 7. The average molecular weight is 244 g/mol. The Morgan fingerprint density at radius 2 is 1.94 bits per heavy atom. The third-order valence-corrected chi connectivity index (χ3v) is 3.31. The predicted octanol–water partition coefficient (Wildman–Crippen LogP) is 2.34. The summed E-state index contributed by atoms with van der Waals surface area (Å²) in [5.74, 6) is -0.281. The summed E-state index contributed by atoms with van der Waals surface area (Å²) in [6.45, 7) is 8.86. The molecule has 0 heterocycles. The number of nitrogens with zero attached hydrogens (tertiary/aromatic N) is 1. The zero-order valence-electron chi connectivity index (χ0n) is 10.8. The third-order valence-electron chi connectivity index (χ3n) is 2.96. The van der Waals surface area contributed by atoms with Crippen LogP contribution in [0.1, 0.15) is 47.0 Å². The second-order valence-corrected chi connectivity index (χ2v) is 4.74. The molecule has 0 saturated carbocycles. The molecular weight excluding hydrogens is 220 g/mol. The molecular formula is C12H24N2OS. The van der Waals surface area contributed by atoms with E-state index < -0.39 is 0 Å². The van der Waals surface area contributed by atoms with E-state index in [1.807, 2.05) is 4.90 Å². The molecule has 1 amide bonds. The van der Waals surface area contributed by atoms with Crippen molar-refractivity contribution in [2.75, 3.05) is 6.54 Å². The van der Waals surface area contributed by atoms with Crippen molar-refractivity contribution < 1.29 is 4.79 Å². The Hall–Kier alpha value is -0.640. The lowest BCUT2D eigenvalue weighted by Crippen LogP contribution is -2.44. The molecule has 94 valence electrons. The van der Waals surface area contributed by atoms with E-state index in [4.69, 9.17) is 18.0 Å². The Labute approximate surface area is 104 Å². The molecule has 2 N–H and O–H groups in total. The highest BCUT2D eigenvalue weighted by Gasteiger charge is 2.24. The zero-order chi connectivity index (χ0) is 12.7. The molecule has 0 aliphatic rings. The molecule has 4 heteroatoms. The van der Waals surface area contributed by atoms with Crippen LogP contribution in [0.15, 0.2) is 0 Å². The number of carbonyl (C=O) groups excluding carboxylic acids is 1. The van der Waals surface area contributed by atoms with E-state index in [0.29, 0.717) is 0 Å². The minimum absolute atomic E-state index is 0.0651. The lowest BCUT2D eigenvalue weighted by Gasteiger charge is -2.30. The number of amides is 1. The fourth-order valence-electron chi connectivity index (χ4n) is 1.47. The first-order valence-corrected chi connectivity index (χ1v) is 6.46. The molecule has 2 unspecified atom stereocenters. The second kappa shape index (κ2) is 7.60. The number of hydrogen-bond donors (Lipinski definition) is 1. The van der Waals surface area contributed by atoms with Gasteiger partial charge in [0, 0.05) is 12.6 Å². The Morgan fingerprint density at radius 1 is 1.38 bits per heavy atom. The molecule has 0 spiro atoms. The van der Waals surface area contributed by atoms with Gasteiger partial charge < -0.3 is 10.6 Å². The molecule has 0 aliphatic carbocycles. The smallest absolute Gasteiger partial charge is 0.232 e. The highest BCUT2D eigenvalue weighted by Crippen LogP contribution is 2.11. The van der Waals surface area contributed by atoms with Gasteiger partial charge in [-0.2, -0.15) is 0 Å². The quantitative estimate of drug-likeness (QED) is 0.699. The summed E-state index contributed by atoms with van der Waals surface area (Å²) < 4.78 is 0. The molecule has 0 radical (unpaired) electrons. The van der Waals surface area contributed by atoms with E-state index in [1.165, 1.54) is 0 Å². The van der Waals surface area contributed by atoms with Gasteiger partial charge in [0.2, 0.25) is 5.91 Å². The van der Waals surface area contributed by atoms with Crippen molar-refractivity contribution in [1.29, 1.82) is 0 Å². The van der Waals surface area contributed by atoms with Gasteiger partial charge in [0.25, 0.3) is 0 Å². The van der Waals surface area contributed by atoms with Crippen molar-refractivity contribution in [2.45, 2.75) is 53.0 Å². The van der Waals surface area contributed by atoms with E-state index >= 15 is 0 Å². The van der Waals surface area contributed by atoms with Gasteiger partial charge in [-0.3, -0.25) is 4.79 Å². The van der Waals surface area contributed by atoms with E-state index in [2.05, 4.69) is 20.8 Å².